The Labute approximate surface area is 304 Å². The number of para-hydroxylation sites is 1. The maximum absolute atomic E-state index is 11.8. The third-order valence-electron chi connectivity index (χ3n) is 9.18. The van der Waals surface area contributed by atoms with Gasteiger partial charge in [-0.15, -0.1) is 0 Å². The molecule has 2 aromatic heterocycles. The average molecular weight is 790 g/mol. The van der Waals surface area contributed by atoms with Crippen LogP contribution >= 0.6 is 31.9 Å². The van der Waals surface area contributed by atoms with Crippen molar-refractivity contribution in [2.24, 2.45) is 0 Å². The minimum absolute atomic E-state index is 0.00648. The summed E-state index contributed by atoms with van der Waals surface area (Å²) in [5, 5.41) is 17.5. The maximum atomic E-state index is 11.8. The van der Waals surface area contributed by atoms with E-state index >= 15 is 0 Å². The highest BCUT2D eigenvalue weighted by atomic mass is 79.9. The van der Waals surface area contributed by atoms with Gasteiger partial charge in [-0.2, -0.15) is 0 Å². The van der Waals surface area contributed by atoms with Gasteiger partial charge < -0.3 is 9.13 Å². The predicted molar refractivity (Wildman–Crippen MR) is 210 cm³/mol. The molecular formula is C40H43Br2N3O4. The number of carbonyl (C=O) groups excluding carboxylic acids is 2. The molecule has 7 nitrogen and oxygen atoms in total. The zero-order valence-electron chi connectivity index (χ0n) is 28.2. The minimum atomic E-state index is -0.377. The zero-order chi connectivity index (χ0) is 34.9. The van der Waals surface area contributed by atoms with Crippen molar-refractivity contribution in [2.75, 3.05) is 10.7 Å². The Morgan fingerprint density at radius 3 is 1.49 bits per heavy atom. The summed E-state index contributed by atoms with van der Waals surface area (Å²) in [6.07, 6.45) is 9.51. The molecule has 4 aromatic carbocycles. The fourth-order valence-electron chi connectivity index (χ4n) is 6.61. The molecule has 0 unspecified atom stereocenters. The van der Waals surface area contributed by atoms with Crippen LogP contribution in [0.25, 0.3) is 43.6 Å². The lowest BCUT2D eigenvalue weighted by Crippen LogP contribution is -1.98. The predicted octanol–water partition coefficient (Wildman–Crippen LogP) is 11.8. The summed E-state index contributed by atoms with van der Waals surface area (Å²) in [7, 11) is 0. The van der Waals surface area contributed by atoms with Gasteiger partial charge >= 0.3 is 0 Å². The Hall–Kier alpha value is -3.82. The zero-order valence-corrected chi connectivity index (χ0v) is 31.4. The Kier molecular flexibility index (Phi) is 12.8. The number of ketones is 2. The number of hydrogen-bond donors (Lipinski definition) is 0. The summed E-state index contributed by atoms with van der Waals surface area (Å²) in [5.41, 5.74) is 5.98. The number of fused-ring (bicyclic) bond motifs is 6. The molecule has 0 saturated heterocycles. The van der Waals surface area contributed by atoms with Gasteiger partial charge in [0.25, 0.3) is 5.69 Å². The van der Waals surface area contributed by atoms with E-state index in [1.165, 1.54) is 67.3 Å². The van der Waals surface area contributed by atoms with Crippen molar-refractivity contribution in [3.05, 3.63) is 100 Å². The van der Waals surface area contributed by atoms with Gasteiger partial charge in [0.15, 0.2) is 11.6 Å². The molecule has 0 amide bonds. The van der Waals surface area contributed by atoms with Crippen molar-refractivity contribution in [1.82, 2.24) is 9.13 Å². The number of nitrogens with zero attached hydrogens (tertiary/aromatic N) is 3. The van der Waals surface area contributed by atoms with Crippen molar-refractivity contribution in [2.45, 2.75) is 78.3 Å². The van der Waals surface area contributed by atoms with Crippen LogP contribution in [0.15, 0.2) is 78.9 Å². The van der Waals surface area contributed by atoms with Gasteiger partial charge in [0.05, 0.1) is 4.92 Å². The number of unbranched alkanes of at least 4 members (excludes halogenated alkanes) is 6. The Balaban J connectivity index is 0.000000192. The third kappa shape index (κ3) is 8.50. The van der Waals surface area contributed by atoms with Crippen LogP contribution < -0.4 is 0 Å². The van der Waals surface area contributed by atoms with E-state index in [0.717, 1.165) is 64.0 Å². The van der Waals surface area contributed by atoms with E-state index in [0.29, 0.717) is 5.56 Å². The Morgan fingerprint density at radius 1 is 0.571 bits per heavy atom. The number of aromatic nitrogens is 2. The molecule has 0 N–H and O–H groups in total. The van der Waals surface area contributed by atoms with E-state index in [-0.39, 0.29) is 22.2 Å². The smallest absolute Gasteiger partial charge is 0.270 e. The second kappa shape index (κ2) is 17.2. The lowest BCUT2D eigenvalue weighted by atomic mass is 10.1. The molecule has 49 heavy (non-hydrogen) atoms. The summed E-state index contributed by atoms with van der Waals surface area (Å²) in [5.74, 6) is 0.117. The minimum Gasteiger partial charge on any atom is -0.340 e. The lowest BCUT2D eigenvalue weighted by Gasteiger charge is -2.07. The standard InChI is InChI=1S/C20H21BrN2O3.C20H22BrNO/c1-14(24)15-6-8-19-17(12-15)18-13-16(23(25)26)7-9-20(18)22(19)11-5-3-2-4-10-21;1-15(23)16-10-11-20-18(14-16)17-8-4-5-9-19(17)22(20)13-7-3-2-6-12-21/h6-9,12-13H,2-5,10-11H2,1H3;4-5,8-11,14H,2-3,6-7,12-13H2,1H3. The number of halogens is 2. The molecule has 9 heteroatoms. The lowest BCUT2D eigenvalue weighted by molar-refractivity contribution is -0.384. The first-order chi connectivity index (χ1) is 23.7. The second-order valence-corrected chi connectivity index (χ2v) is 14.1. The molecule has 0 spiro atoms. The van der Waals surface area contributed by atoms with Gasteiger partial charge in [-0.1, -0.05) is 75.7 Å². The number of Topliss-reactive ketones (excluding diaryl/α,β-unsaturated/α-hetero) is 2. The van der Waals surface area contributed by atoms with Crippen LogP contribution in [0.2, 0.25) is 0 Å². The van der Waals surface area contributed by atoms with Crippen LogP contribution in [0, 0.1) is 10.1 Å². The van der Waals surface area contributed by atoms with Crippen molar-refractivity contribution in [3.8, 4) is 0 Å². The highest BCUT2D eigenvalue weighted by molar-refractivity contribution is 9.09. The number of non-ortho nitro benzene ring substituents is 1. The Morgan fingerprint density at radius 2 is 1.00 bits per heavy atom. The first-order valence-corrected chi connectivity index (χ1v) is 19.3. The first kappa shape index (κ1) is 36.5. The van der Waals surface area contributed by atoms with E-state index in [1.54, 1.807) is 19.1 Å². The number of hydrogen-bond acceptors (Lipinski definition) is 4. The van der Waals surface area contributed by atoms with Gasteiger partial charge in [-0.25, -0.2) is 0 Å². The number of nitro benzene ring substituents is 1. The Bertz CT molecular complexity index is 2040. The molecule has 2 heterocycles. The number of rotatable bonds is 15. The van der Waals surface area contributed by atoms with E-state index in [2.05, 4.69) is 71.3 Å². The topological polar surface area (TPSA) is 87.1 Å². The maximum Gasteiger partial charge on any atom is 0.270 e. The molecule has 0 bridgehead atoms. The van der Waals surface area contributed by atoms with E-state index < -0.39 is 0 Å². The monoisotopic (exact) mass is 787 g/mol. The molecule has 256 valence electrons. The number of aryl methyl sites for hydroxylation is 2. The largest absolute Gasteiger partial charge is 0.340 e. The van der Waals surface area contributed by atoms with Crippen LogP contribution in [0.1, 0.15) is 85.9 Å². The molecule has 0 fully saturated rings. The highest BCUT2D eigenvalue weighted by Crippen LogP contribution is 2.33. The fourth-order valence-corrected chi connectivity index (χ4v) is 7.41. The van der Waals surface area contributed by atoms with Gasteiger partial charge in [-0.3, -0.25) is 19.7 Å². The molecule has 0 saturated carbocycles. The summed E-state index contributed by atoms with van der Waals surface area (Å²) in [6.45, 7) is 5.06. The van der Waals surface area contributed by atoms with Crippen LogP contribution in [-0.2, 0) is 13.1 Å². The van der Waals surface area contributed by atoms with Crippen LogP contribution in [0.3, 0.4) is 0 Å². The summed E-state index contributed by atoms with van der Waals surface area (Å²) >= 11 is 6.95. The first-order valence-electron chi connectivity index (χ1n) is 17.1. The van der Waals surface area contributed by atoms with E-state index in [1.807, 2.05) is 36.4 Å². The fraction of sp³-hybridized carbons (Fsp3) is 0.350. The van der Waals surface area contributed by atoms with E-state index in [9.17, 15) is 19.7 Å². The molecule has 0 aliphatic carbocycles. The summed E-state index contributed by atoms with van der Waals surface area (Å²) in [4.78, 5) is 34.3. The van der Waals surface area contributed by atoms with Gasteiger partial charge in [-0.05, 0) is 88.1 Å². The molecule has 6 rings (SSSR count). The van der Waals surface area contributed by atoms with Crippen LogP contribution in [0.4, 0.5) is 5.69 Å². The third-order valence-corrected chi connectivity index (χ3v) is 10.3. The average Bonchev–Trinajstić information content (AvgIpc) is 3.59. The summed E-state index contributed by atoms with van der Waals surface area (Å²) < 4.78 is 4.62. The molecule has 0 aliphatic rings. The normalized spacial score (nSPS) is 11.3. The summed E-state index contributed by atoms with van der Waals surface area (Å²) in [6, 6.07) is 25.2. The van der Waals surface area contributed by atoms with Crippen LogP contribution in [-0.4, -0.2) is 36.3 Å². The van der Waals surface area contributed by atoms with E-state index in [4.69, 9.17) is 0 Å². The van der Waals surface area contributed by atoms with Crippen LogP contribution in [0.5, 0.6) is 0 Å². The molecule has 0 aliphatic heterocycles. The second-order valence-electron chi connectivity index (χ2n) is 12.6. The molecule has 0 atom stereocenters. The quantitative estimate of drug-likeness (QED) is 0.0341. The van der Waals surface area contributed by atoms with Crippen molar-refractivity contribution in [3.63, 3.8) is 0 Å². The number of nitro groups is 1. The van der Waals surface area contributed by atoms with Crippen molar-refractivity contribution >= 4 is 92.7 Å². The van der Waals surface area contributed by atoms with Gasteiger partial charge in [0.1, 0.15) is 0 Å². The van der Waals surface area contributed by atoms with Crippen molar-refractivity contribution < 1.29 is 14.5 Å². The molecular weight excluding hydrogens is 746 g/mol. The van der Waals surface area contributed by atoms with Crippen molar-refractivity contribution in [1.29, 1.82) is 0 Å². The van der Waals surface area contributed by atoms with Gasteiger partial charge in [0.2, 0.25) is 0 Å². The number of alkyl halides is 2. The van der Waals surface area contributed by atoms with Gasteiger partial charge in [0, 0.05) is 90.6 Å². The molecule has 6 aromatic rings. The molecule has 0 radical (unpaired) electrons. The number of carbonyl (C=O) groups is 2. The highest BCUT2D eigenvalue weighted by Gasteiger charge is 2.16. The SMILES string of the molecule is CC(=O)c1ccc2c(c1)c1cc([N+](=O)[O-])ccc1n2CCCCCCBr.CC(=O)c1ccc2c(c1)c1ccccc1n2CCCCCCBr. The number of benzene rings is 4.